The second-order valence-corrected chi connectivity index (χ2v) is 4.49. The van der Waals surface area contributed by atoms with E-state index in [1.165, 1.54) is 5.56 Å². The summed E-state index contributed by atoms with van der Waals surface area (Å²) in [5, 5.41) is 0. The maximum atomic E-state index is 12.0. The molecule has 0 spiro atoms. The van der Waals surface area contributed by atoms with Gasteiger partial charge >= 0.3 is 6.09 Å². The van der Waals surface area contributed by atoms with Crippen LogP contribution in [0.3, 0.4) is 0 Å². The van der Waals surface area contributed by atoms with Crippen molar-refractivity contribution >= 4 is 11.8 Å². The van der Waals surface area contributed by atoms with Gasteiger partial charge in [-0.05, 0) is 31.0 Å². The van der Waals surface area contributed by atoms with Gasteiger partial charge in [-0.1, -0.05) is 25.1 Å². The Morgan fingerprint density at radius 1 is 1.44 bits per heavy atom. The number of para-hydroxylation sites is 1. The van der Waals surface area contributed by atoms with Gasteiger partial charge in [-0.15, -0.1) is 0 Å². The van der Waals surface area contributed by atoms with E-state index in [9.17, 15) is 4.79 Å². The molecule has 1 aliphatic rings. The number of nitrogens with two attached hydrogens (primary N) is 1. The van der Waals surface area contributed by atoms with Gasteiger partial charge in [0.15, 0.2) is 0 Å². The fourth-order valence-electron chi connectivity index (χ4n) is 2.44. The first kappa shape index (κ1) is 12.9. The van der Waals surface area contributed by atoms with Crippen LogP contribution in [0, 0.1) is 0 Å². The van der Waals surface area contributed by atoms with Crippen LogP contribution in [0.4, 0.5) is 10.5 Å². The highest BCUT2D eigenvalue weighted by atomic mass is 16.6. The van der Waals surface area contributed by atoms with Gasteiger partial charge in [-0.25, -0.2) is 4.79 Å². The Morgan fingerprint density at radius 2 is 2.22 bits per heavy atom. The van der Waals surface area contributed by atoms with Gasteiger partial charge in [0.25, 0.3) is 0 Å². The van der Waals surface area contributed by atoms with Gasteiger partial charge in [-0.3, -0.25) is 4.90 Å². The predicted octanol–water partition coefficient (Wildman–Crippen LogP) is 2.31. The van der Waals surface area contributed by atoms with Crippen molar-refractivity contribution < 1.29 is 9.53 Å². The molecule has 1 heterocycles. The molecule has 0 aliphatic carbocycles. The Balaban J connectivity index is 2.34. The summed E-state index contributed by atoms with van der Waals surface area (Å²) in [5.41, 5.74) is 7.76. The number of rotatable bonds is 4. The third kappa shape index (κ3) is 2.48. The molecule has 0 radical (unpaired) electrons. The zero-order valence-electron chi connectivity index (χ0n) is 10.8. The minimum Gasteiger partial charge on any atom is -0.449 e. The molecule has 1 atom stereocenters. The number of amides is 1. The summed E-state index contributed by atoms with van der Waals surface area (Å²) in [4.78, 5) is 13.8. The molecule has 1 aromatic carbocycles. The molecule has 1 aliphatic heterocycles. The fraction of sp³-hybridized carbons (Fsp3) is 0.500. The second-order valence-electron chi connectivity index (χ2n) is 4.49. The Morgan fingerprint density at radius 3 is 2.94 bits per heavy atom. The summed E-state index contributed by atoms with van der Waals surface area (Å²) in [7, 11) is 0. The van der Waals surface area contributed by atoms with Crippen molar-refractivity contribution in [3.8, 4) is 0 Å². The van der Waals surface area contributed by atoms with Gasteiger partial charge in [0, 0.05) is 12.5 Å². The summed E-state index contributed by atoms with van der Waals surface area (Å²) in [5.74, 6) is 0. The third-order valence-electron chi connectivity index (χ3n) is 3.37. The van der Waals surface area contributed by atoms with Crippen LogP contribution >= 0.6 is 0 Å². The number of aryl methyl sites for hydroxylation is 1. The number of carbonyl (C=O) groups excluding carboxylic acids is 1. The average molecular weight is 248 g/mol. The largest absolute Gasteiger partial charge is 0.449 e. The number of hydrogen-bond donors (Lipinski definition) is 1. The van der Waals surface area contributed by atoms with Crippen LogP contribution in [0.25, 0.3) is 0 Å². The Bertz CT molecular complexity index is 418. The number of nitrogens with zero attached hydrogens (tertiary/aromatic N) is 1. The highest BCUT2D eigenvalue weighted by Gasteiger charge is 2.31. The van der Waals surface area contributed by atoms with Gasteiger partial charge in [-0.2, -0.15) is 0 Å². The van der Waals surface area contributed by atoms with E-state index in [-0.39, 0.29) is 12.1 Å². The van der Waals surface area contributed by atoms with E-state index in [4.69, 9.17) is 10.5 Å². The molecule has 2 N–H and O–H groups in total. The highest BCUT2D eigenvalue weighted by Crippen LogP contribution is 2.28. The third-order valence-corrected chi connectivity index (χ3v) is 3.37. The second kappa shape index (κ2) is 5.87. The molecule has 1 amide bonds. The quantitative estimate of drug-likeness (QED) is 0.889. The zero-order valence-corrected chi connectivity index (χ0v) is 10.8. The van der Waals surface area contributed by atoms with Crippen molar-refractivity contribution in [2.24, 2.45) is 5.73 Å². The highest BCUT2D eigenvalue weighted by molar-refractivity contribution is 5.90. The first-order valence-corrected chi connectivity index (χ1v) is 6.52. The van der Waals surface area contributed by atoms with E-state index in [0.29, 0.717) is 13.2 Å². The summed E-state index contributed by atoms with van der Waals surface area (Å²) >= 11 is 0. The molecular formula is C14H20N2O2. The maximum Gasteiger partial charge on any atom is 0.414 e. The number of cyclic esters (lactones) is 1. The molecule has 0 saturated carbocycles. The molecule has 4 heteroatoms. The molecule has 2 rings (SSSR count). The lowest BCUT2D eigenvalue weighted by Crippen LogP contribution is -2.47. The van der Waals surface area contributed by atoms with Crippen LogP contribution in [-0.4, -0.2) is 25.3 Å². The summed E-state index contributed by atoms with van der Waals surface area (Å²) in [6, 6.07) is 8.14. The van der Waals surface area contributed by atoms with Gasteiger partial charge in [0.05, 0.1) is 12.3 Å². The summed E-state index contributed by atoms with van der Waals surface area (Å²) < 4.78 is 5.17. The maximum absolute atomic E-state index is 12.0. The standard InChI is InChI=1S/C14H20N2O2/c1-2-11-5-3-4-6-13(11)16-12(7-9-15)8-10-18-14(16)17/h3-6,12H,2,7-10,15H2,1H3. The van der Waals surface area contributed by atoms with Crippen molar-refractivity contribution in [1.82, 2.24) is 0 Å². The number of hydrogen-bond acceptors (Lipinski definition) is 3. The molecule has 18 heavy (non-hydrogen) atoms. The minimum absolute atomic E-state index is 0.156. The Labute approximate surface area is 108 Å². The van der Waals surface area contributed by atoms with Crippen LogP contribution < -0.4 is 10.6 Å². The van der Waals surface area contributed by atoms with Crippen molar-refractivity contribution in [3.63, 3.8) is 0 Å². The molecule has 4 nitrogen and oxygen atoms in total. The first-order chi connectivity index (χ1) is 8.77. The fourth-order valence-corrected chi connectivity index (χ4v) is 2.44. The number of ether oxygens (including phenoxy) is 1. The molecule has 1 saturated heterocycles. The molecule has 0 aromatic heterocycles. The van der Waals surface area contributed by atoms with E-state index in [1.54, 1.807) is 4.90 Å². The Kier molecular flexibility index (Phi) is 4.20. The number of carbonyl (C=O) groups is 1. The van der Waals surface area contributed by atoms with Crippen LogP contribution in [0.15, 0.2) is 24.3 Å². The van der Waals surface area contributed by atoms with Crippen LogP contribution in [0.5, 0.6) is 0 Å². The van der Waals surface area contributed by atoms with Gasteiger partial charge in [0.2, 0.25) is 0 Å². The average Bonchev–Trinajstić information content (AvgIpc) is 2.39. The Hall–Kier alpha value is -1.55. The van der Waals surface area contributed by atoms with E-state index in [1.807, 2.05) is 18.2 Å². The lowest BCUT2D eigenvalue weighted by molar-refractivity contribution is 0.128. The molecule has 0 bridgehead atoms. The SMILES string of the molecule is CCc1ccccc1N1C(=O)OCCC1CCN. The van der Waals surface area contributed by atoms with Crippen LogP contribution in [0.1, 0.15) is 25.3 Å². The van der Waals surface area contributed by atoms with E-state index < -0.39 is 0 Å². The summed E-state index contributed by atoms with van der Waals surface area (Å²) in [6.45, 7) is 3.17. The molecule has 1 unspecified atom stereocenters. The minimum atomic E-state index is -0.249. The zero-order chi connectivity index (χ0) is 13.0. The number of anilines is 1. The van der Waals surface area contributed by atoms with E-state index >= 15 is 0 Å². The monoisotopic (exact) mass is 248 g/mol. The lowest BCUT2D eigenvalue weighted by Gasteiger charge is -2.35. The van der Waals surface area contributed by atoms with Crippen LogP contribution in [-0.2, 0) is 11.2 Å². The van der Waals surface area contributed by atoms with E-state index in [2.05, 4.69) is 13.0 Å². The normalized spacial score (nSPS) is 19.8. The topological polar surface area (TPSA) is 55.6 Å². The van der Waals surface area contributed by atoms with Crippen LogP contribution in [0.2, 0.25) is 0 Å². The van der Waals surface area contributed by atoms with E-state index in [0.717, 1.165) is 24.9 Å². The lowest BCUT2D eigenvalue weighted by atomic mass is 10.0. The van der Waals surface area contributed by atoms with Crippen molar-refractivity contribution in [1.29, 1.82) is 0 Å². The van der Waals surface area contributed by atoms with Crippen molar-refractivity contribution in [2.75, 3.05) is 18.1 Å². The predicted molar refractivity (Wildman–Crippen MR) is 71.7 cm³/mol. The molecule has 1 fully saturated rings. The van der Waals surface area contributed by atoms with Gasteiger partial charge < -0.3 is 10.5 Å². The van der Waals surface area contributed by atoms with Crippen molar-refractivity contribution in [2.45, 2.75) is 32.2 Å². The smallest absolute Gasteiger partial charge is 0.414 e. The first-order valence-electron chi connectivity index (χ1n) is 6.52. The summed E-state index contributed by atoms with van der Waals surface area (Å²) in [6.07, 6.45) is 2.31. The molecule has 98 valence electrons. The number of benzene rings is 1. The van der Waals surface area contributed by atoms with Gasteiger partial charge in [0.1, 0.15) is 0 Å². The van der Waals surface area contributed by atoms with Crippen molar-refractivity contribution in [3.05, 3.63) is 29.8 Å². The molecular weight excluding hydrogens is 228 g/mol. The molecule has 1 aromatic rings.